The Balaban J connectivity index is 0. The van der Waals surface area contributed by atoms with Crippen molar-refractivity contribution >= 4 is 11.6 Å². The van der Waals surface area contributed by atoms with Crippen molar-refractivity contribution in [2.75, 3.05) is 33.3 Å². The van der Waals surface area contributed by atoms with Crippen LogP contribution in [0.3, 0.4) is 0 Å². The Bertz CT molecular complexity index is 546. The van der Waals surface area contributed by atoms with Gasteiger partial charge in [-0.1, -0.05) is 35.1 Å². The van der Waals surface area contributed by atoms with Gasteiger partial charge in [0.1, 0.15) is 0 Å². The molecular formula is C27H59ClN2O5. The summed E-state index contributed by atoms with van der Waals surface area (Å²) in [5.74, 6) is 2.89. The highest BCUT2D eigenvalue weighted by molar-refractivity contribution is 6.20. The second kappa shape index (κ2) is 16.8. The maximum atomic E-state index is 10.3. The smallest absolute Gasteiger partial charge is 0.0830 e. The largest absolute Gasteiger partial charge is 0.412 e. The summed E-state index contributed by atoms with van der Waals surface area (Å²) in [4.78, 5) is 2.72. The molecule has 7 nitrogen and oxygen atoms in total. The third-order valence-electron chi connectivity index (χ3n) is 8.76. The van der Waals surface area contributed by atoms with Gasteiger partial charge in [0.05, 0.1) is 12.2 Å². The van der Waals surface area contributed by atoms with Gasteiger partial charge in [-0.2, -0.15) is 0 Å². The number of ether oxygens (including phenoxy) is 1. The van der Waals surface area contributed by atoms with Crippen LogP contribution in [0.15, 0.2) is 0 Å². The van der Waals surface area contributed by atoms with Gasteiger partial charge in [0, 0.05) is 31.6 Å². The van der Waals surface area contributed by atoms with Crippen molar-refractivity contribution < 1.29 is 26.3 Å². The molecule has 3 fully saturated rings. The van der Waals surface area contributed by atoms with Crippen LogP contribution in [0.2, 0.25) is 0 Å². The highest BCUT2D eigenvalue weighted by Crippen LogP contribution is 2.45. The van der Waals surface area contributed by atoms with Gasteiger partial charge in [-0.15, -0.1) is 11.6 Å². The molecule has 0 aromatic rings. The molecule has 3 rings (SSSR count). The van der Waals surface area contributed by atoms with E-state index in [1.165, 1.54) is 45.2 Å². The van der Waals surface area contributed by atoms with Crippen LogP contribution >= 0.6 is 11.6 Å². The van der Waals surface area contributed by atoms with Gasteiger partial charge in [0.2, 0.25) is 0 Å². The predicted octanol–water partition coefficient (Wildman–Crippen LogP) is 3.08. The Hall–Kier alpha value is 0.01000. The first-order valence-corrected chi connectivity index (χ1v) is 13.4. The molecule has 0 bridgehead atoms. The Morgan fingerprint density at radius 2 is 1.66 bits per heavy atom. The number of hydrogen-bond donors (Lipinski definition) is 2. The molecule has 1 saturated heterocycles. The van der Waals surface area contributed by atoms with Gasteiger partial charge in [-0.25, -0.2) is 0 Å². The van der Waals surface area contributed by atoms with E-state index >= 15 is 0 Å². The Morgan fingerprint density at radius 3 is 2.17 bits per heavy atom. The van der Waals surface area contributed by atoms with Gasteiger partial charge < -0.3 is 36.5 Å². The summed E-state index contributed by atoms with van der Waals surface area (Å²) in [6.07, 6.45) is 9.12. The molecule has 5 atom stereocenters. The van der Waals surface area contributed by atoms with Crippen LogP contribution in [0.4, 0.5) is 0 Å². The molecule has 214 valence electrons. The summed E-state index contributed by atoms with van der Waals surface area (Å²) in [6, 6.07) is 0.510. The lowest BCUT2D eigenvalue weighted by atomic mass is 9.64. The van der Waals surface area contributed by atoms with Crippen molar-refractivity contribution in [3.63, 3.8) is 0 Å². The molecule has 1 aliphatic heterocycles. The number of nitrogens with one attached hydrogen (secondary N) is 1. The lowest BCUT2D eigenvalue weighted by Crippen LogP contribution is -2.53. The van der Waals surface area contributed by atoms with Crippen LogP contribution in [-0.2, 0) is 4.74 Å². The number of piperidine rings is 1. The van der Waals surface area contributed by atoms with E-state index in [2.05, 4.69) is 37.9 Å². The number of methoxy groups -OCH3 is 1. The zero-order chi connectivity index (χ0) is 22.6. The minimum atomic E-state index is -0.309. The average molecular weight is 527 g/mol. The fourth-order valence-electron chi connectivity index (χ4n) is 6.77. The van der Waals surface area contributed by atoms with Gasteiger partial charge in [0.25, 0.3) is 0 Å². The van der Waals surface area contributed by atoms with E-state index in [9.17, 15) is 5.11 Å². The Morgan fingerprint density at radius 1 is 1.03 bits per heavy atom. The molecule has 0 radical (unpaired) electrons. The van der Waals surface area contributed by atoms with Crippen LogP contribution in [-0.4, -0.2) is 83.4 Å². The molecule has 35 heavy (non-hydrogen) atoms. The number of nitrogens with zero attached hydrogens (tertiary/aromatic N) is 1. The van der Waals surface area contributed by atoms with Gasteiger partial charge in [0.15, 0.2) is 0 Å². The molecule has 2 saturated carbocycles. The standard InChI is InChI=1S/C26H49ClN2O2.CH4.3H2O/c1-18(2)23(28-15-19-6-11-25(31-5)24(30)14-19)16-29-13-12-22(26(3,4)17-29)20-7-9-21(27)10-8-20;;;;/h18-25,28,30H,6-17H2,1-5H3;1H4;3*1H2/t19?,20?,21?,22-,23+,24?,25?;;;;/m1..../s1. The summed E-state index contributed by atoms with van der Waals surface area (Å²) in [6.45, 7) is 14.3. The molecule has 0 aromatic heterocycles. The highest BCUT2D eigenvalue weighted by atomic mass is 35.5. The van der Waals surface area contributed by atoms with Crippen molar-refractivity contribution in [3.8, 4) is 0 Å². The van der Waals surface area contributed by atoms with Crippen LogP contribution < -0.4 is 5.32 Å². The van der Waals surface area contributed by atoms with E-state index in [1.54, 1.807) is 7.11 Å². The lowest BCUT2D eigenvalue weighted by Gasteiger charge is -2.49. The van der Waals surface area contributed by atoms with Crippen molar-refractivity contribution in [2.24, 2.45) is 29.1 Å². The molecule has 3 aliphatic rings. The zero-order valence-corrected chi connectivity index (χ0v) is 23.0. The number of hydrogen-bond acceptors (Lipinski definition) is 4. The normalized spacial score (nSPS) is 33.9. The molecule has 0 amide bonds. The molecule has 8 heteroatoms. The number of rotatable bonds is 8. The lowest BCUT2D eigenvalue weighted by molar-refractivity contribution is -0.0500. The van der Waals surface area contributed by atoms with E-state index in [1.807, 2.05) is 0 Å². The van der Waals surface area contributed by atoms with Gasteiger partial charge in [-0.05, 0) is 93.5 Å². The van der Waals surface area contributed by atoms with Crippen molar-refractivity contribution in [1.29, 1.82) is 0 Å². The van der Waals surface area contributed by atoms with Gasteiger partial charge in [-0.3, -0.25) is 0 Å². The molecule has 3 unspecified atom stereocenters. The topological polar surface area (TPSA) is 139 Å². The molecule has 8 N–H and O–H groups in total. The highest BCUT2D eigenvalue weighted by Gasteiger charge is 2.41. The summed E-state index contributed by atoms with van der Waals surface area (Å²) >= 11 is 6.37. The fraction of sp³-hybridized carbons (Fsp3) is 1.00. The summed E-state index contributed by atoms with van der Waals surface area (Å²) in [5.41, 5.74) is 0.381. The summed E-state index contributed by atoms with van der Waals surface area (Å²) < 4.78 is 5.41. The second-order valence-electron chi connectivity index (χ2n) is 11.9. The van der Waals surface area contributed by atoms with E-state index in [0.717, 1.165) is 44.2 Å². The number of aliphatic hydroxyl groups excluding tert-OH is 1. The van der Waals surface area contributed by atoms with Crippen molar-refractivity contribution in [1.82, 2.24) is 10.2 Å². The first kappa shape index (κ1) is 37.2. The molecule has 0 spiro atoms. The Labute approximate surface area is 220 Å². The van der Waals surface area contributed by atoms with Gasteiger partial charge >= 0.3 is 0 Å². The first-order valence-electron chi connectivity index (χ1n) is 13.0. The monoisotopic (exact) mass is 526 g/mol. The maximum Gasteiger partial charge on any atom is 0.0830 e. The number of likely N-dealkylation sites (tertiary alicyclic amines) is 1. The molecule has 0 aromatic carbocycles. The van der Waals surface area contributed by atoms with E-state index in [4.69, 9.17) is 16.3 Å². The third kappa shape index (κ3) is 10.4. The van der Waals surface area contributed by atoms with Crippen LogP contribution in [0.1, 0.15) is 86.5 Å². The minimum Gasteiger partial charge on any atom is -0.412 e. The summed E-state index contributed by atoms with van der Waals surface area (Å²) in [7, 11) is 1.72. The third-order valence-corrected chi connectivity index (χ3v) is 9.19. The quantitative estimate of drug-likeness (QED) is 0.469. The van der Waals surface area contributed by atoms with E-state index in [-0.39, 0.29) is 36.1 Å². The number of aliphatic hydroxyl groups is 1. The van der Waals surface area contributed by atoms with Crippen LogP contribution in [0.5, 0.6) is 0 Å². The van der Waals surface area contributed by atoms with Crippen molar-refractivity contribution in [3.05, 3.63) is 0 Å². The molecular weight excluding hydrogens is 468 g/mol. The van der Waals surface area contributed by atoms with Crippen LogP contribution in [0.25, 0.3) is 0 Å². The maximum absolute atomic E-state index is 10.3. The SMILES string of the molecule is C.COC1CCC(CN[C@@H](CN2CC[C@H](C3CCC(Cl)CC3)C(C)(C)C2)C(C)C)CC1O.O.O.O. The van der Waals surface area contributed by atoms with E-state index in [0.29, 0.717) is 28.7 Å². The second-order valence-corrected chi connectivity index (χ2v) is 12.5. The molecule has 1 heterocycles. The number of alkyl halides is 1. The zero-order valence-electron chi connectivity index (χ0n) is 22.3. The van der Waals surface area contributed by atoms with Crippen molar-refractivity contribution in [2.45, 2.75) is 110 Å². The summed E-state index contributed by atoms with van der Waals surface area (Å²) in [5, 5.41) is 14.6. The number of halogens is 1. The van der Waals surface area contributed by atoms with E-state index < -0.39 is 0 Å². The fourth-order valence-corrected chi connectivity index (χ4v) is 7.02. The Kier molecular flexibility index (Phi) is 17.8. The predicted molar refractivity (Wildman–Crippen MR) is 148 cm³/mol. The minimum absolute atomic E-state index is 0. The average Bonchev–Trinajstić information content (AvgIpc) is 2.71. The first-order chi connectivity index (χ1) is 14.7. The molecule has 2 aliphatic carbocycles. The van der Waals surface area contributed by atoms with Crippen LogP contribution in [0, 0.1) is 29.1 Å².